The van der Waals surface area contributed by atoms with E-state index in [1.54, 1.807) is 24.6 Å². The van der Waals surface area contributed by atoms with Crippen LogP contribution in [0.5, 0.6) is 11.5 Å². The Hall–Kier alpha value is -2.39. The second-order valence-corrected chi connectivity index (χ2v) is 6.72. The van der Waals surface area contributed by atoms with E-state index >= 15 is 0 Å². The van der Waals surface area contributed by atoms with Gasteiger partial charge in [-0.25, -0.2) is 4.98 Å². The minimum Gasteiger partial charge on any atom is -0.493 e. The smallest absolute Gasteiger partial charge is 0.309 e. The summed E-state index contributed by atoms with van der Waals surface area (Å²) in [6, 6.07) is 3.57. The van der Waals surface area contributed by atoms with Crippen LogP contribution < -0.4 is 14.8 Å². The summed E-state index contributed by atoms with van der Waals surface area (Å²) < 4.78 is 11.6. The Balaban J connectivity index is 2.06. The number of nitrogens with one attached hydrogen (secondary N) is 1. The van der Waals surface area contributed by atoms with Crippen LogP contribution in [0.1, 0.15) is 18.2 Å². The van der Waals surface area contributed by atoms with Gasteiger partial charge in [0, 0.05) is 11.5 Å². The molecule has 26 heavy (non-hydrogen) atoms. The van der Waals surface area contributed by atoms with Crippen molar-refractivity contribution in [3.05, 3.63) is 39.3 Å². The normalized spacial score (nSPS) is 10.7. The Bertz CT molecular complexity index is 835. The number of thiazole rings is 1. The van der Waals surface area contributed by atoms with E-state index in [9.17, 15) is 9.59 Å². The first kappa shape index (κ1) is 19.9. The van der Waals surface area contributed by atoms with Gasteiger partial charge < -0.3 is 14.6 Å². The van der Waals surface area contributed by atoms with E-state index in [4.69, 9.17) is 14.6 Å². The first-order chi connectivity index (χ1) is 12.4. The maximum absolute atomic E-state index is 12.0. The number of nitrogens with zero attached hydrogens (tertiary/aromatic N) is 1. The fourth-order valence-corrected chi connectivity index (χ4v) is 3.33. The first-order valence-corrected chi connectivity index (χ1v) is 9.25. The Morgan fingerprint density at radius 2 is 2.19 bits per heavy atom. The van der Waals surface area contributed by atoms with E-state index in [1.807, 2.05) is 13.0 Å². The largest absolute Gasteiger partial charge is 0.493 e. The maximum Gasteiger partial charge on any atom is 0.309 e. The Kier molecular flexibility index (Phi) is 7.16. The SMILES string of the molecule is CCOc1c(Br)cc(/C=C/C(=O)Nc2nc(CC(=O)O)cs2)cc1OC. The monoisotopic (exact) mass is 440 g/mol. The van der Waals surface area contributed by atoms with Crippen LogP contribution in [0, 0.1) is 0 Å². The van der Waals surface area contributed by atoms with Crippen molar-refractivity contribution in [3.8, 4) is 11.5 Å². The minimum absolute atomic E-state index is 0.178. The van der Waals surface area contributed by atoms with Gasteiger partial charge in [0.1, 0.15) is 0 Å². The van der Waals surface area contributed by atoms with Crippen molar-refractivity contribution in [2.45, 2.75) is 13.3 Å². The molecule has 0 aliphatic carbocycles. The highest BCUT2D eigenvalue weighted by molar-refractivity contribution is 9.10. The van der Waals surface area contributed by atoms with Gasteiger partial charge in [-0.05, 0) is 46.6 Å². The predicted octanol–water partition coefficient (Wildman–Crippen LogP) is 3.59. The number of ether oxygens (including phenoxy) is 2. The second kappa shape index (κ2) is 9.35. The van der Waals surface area contributed by atoms with E-state index in [0.29, 0.717) is 28.9 Å². The molecule has 9 heteroatoms. The van der Waals surface area contributed by atoms with Crippen LogP contribution in [0.4, 0.5) is 5.13 Å². The zero-order valence-electron chi connectivity index (χ0n) is 14.1. The van der Waals surface area contributed by atoms with E-state index in [1.165, 1.54) is 17.4 Å². The first-order valence-electron chi connectivity index (χ1n) is 7.58. The lowest BCUT2D eigenvalue weighted by Crippen LogP contribution is -2.08. The number of anilines is 1. The number of benzene rings is 1. The van der Waals surface area contributed by atoms with Crippen molar-refractivity contribution in [2.24, 2.45) is 0 Å². The van der Waals surface area contributed by atoms with Crippen molar-refractivity contribution < 1.29 is 24.2 Å². The molecule has 0 unspecified atom stereocenters. The summed E-state index contributed by atoms with van der Waals surface area (Å²) in [5, 5.41) is 13.3. The molecule has 0 saturated heterocycles. The zero-order valence-corrected chi connectivity index (χ0v) is 16.5. The van der Waals surface area contributed by atoms with Gasteiger partial charge in [0.2, 0.25) is 5.91 Å². The molecule has 0 aliphatic heterocycles. The average Bonchev–Trinajstić information content (AvgIpc) is 3.01. The number of carboxylic acid groups (broad SMARTS) is 1. The number of halogens is 1. The number of hydrogen-bond acceptors (Lipinski definition) is 6. The summed E-state index contributed by atoms with van der Waals surface area (Å²) in [6.45, 7) is 2.38. The van der Waals surface area contributed by atoms with Crippen molar-refractivity contribution in [2.75, 3.05) is 19.0 Å². The summed E-state index contributed by atoms with van der Waals surface area (Å²) in [4.78, 5) is 26.7. The Morgan fingerprint density at radius 1 is 1.42 bits per heavy atom. The molecule has 1 amide bonds. The van der Waals surface area contributed by atoms with E-state index < -0.39 is 5.97 Å². The molecule has 1 aromatic carbocycles. The molecular weight excluding hydrogens is 424 g/mol. The lowest BCUT2D eigenvalue weighted by atomic mass is 10.2. The molecule has 0 bridgehead atoms. The summed E-state index contributed by atoms with van der Waals surface area (Å²) in [5.74, 6) is -0.182. The number of methoxy groups -OCH3 is 1. The van der Waals surface area contributed by atoms with Crippen molar-refractivity contribution in [1.29, 1.82) is 0 Å². The predicted molar refractivity (Wildman–Crippen MR) is 103 cm³/mol. The third-order valence-corrected chi connectivity index (χ3v) is 4.48. The number of aromatic nitrogens is 1. The minimum atomic E-state index is -0.969. The molecule has 7 nitrogen and oxygen atoms in total. The van der Waals surface area contributed by atoms with Gasteiger partial charge >= 0.3 is 5.97 Å². The fourth-order valence-electron chi connectivity index (χ4n) is 2.04. The molecule has 0 saturated carbocycles. The molecule has 0 spiro atoms. The quantitative estimate of drug-likeness (QED) is 0.608. The molecular formula is C17H17BrN2O5S. The van der Waals surface area contributed by atoms with Gasteiger partial charge in [-0.2, -0.15) is 0 Å². The topological polar surface area (TPSA) is 97.8 Å². The van der Waals surface area contributed by atoms with Gasteiger partial charge in [-0.15, -0.1) is 11.3 Å². The molecule has 2 rings (SSSR count). The van der Waals surface area contributed by atoms with Crippen molar-refractivity contribution in [1.82, 2.24) is 4.98 Å². The summed E-state index contributed by atoms with van der Waals surface area (Å²) in [7, 11) is 1.54. The number of amides is 1. The van der Waals surface area contributed by atoms with Crippen LogP contribution in [-0.4, -0.2) is 35.7 Å². The number of aliphatic carboxylic acids is 1. The number of carbonyl (C=O) groups excluding carboxylic acids is 1. The number of carboxylic acids is 1. The van der Waals surface area contributed by atoms with Gasteiger partial charge in [-0.3, -0.25) is 14.9 Å². The van der Waals surface area contributed by atoms with Gasteiger partial charge in [0.15, 0.2) is 16.6 Å². The van der Waals surface area contributed by atoms with Crippen LogP contribution in [-0.2, 0) is 16.0 Å². The standard InChI is InChI=1S/C17H17BrN2O5S/c1-3-25-16-12(18)6-10(7-13(16)24-2)4-5-14(21)20-17-19-11(9-26-17)8-15(22)23/h4-7,9H,3,8H2,1-2H3,(H,22,23)(H,19,20,21)/b5-4+. The van der Waals surface area contributed by atoms with Gasteiger partial charge in [-0.1, -0.05) is 0 Å². The van der Waals surface area contributed by atoms with E-state index in [0.717, 1.165) is 10.0 Å². The molecule has 0 aliphatic rings. The highest BCUT2D eigenvalue weighted by atomic mass is 79.9. The highest BCUT2D eigenvalue weighted by Gasteiger charge is 2.11. The van der Waals surface area contributed by atoms with Crippen LogP contribution in [0.15, 0.2) is 28.1 Å². The Morgan fingerprint density at radius 3 is 2.85 bits per heavy atom. The zero-order chi connectivity index (χ0) is 19.1. The number of hydrogen-bond donors (Lipinski definition) is 2. The van der Waals surface area contributed by atoms with E-state index in [-0.39, 0.29) is 12.3 Å². The summed E-state index contributed by atoms with van der Waals surface area (Å²) >= 11 is 4.60. The van der Waals surface area contributed by atoms with Crippen molar-refractivity contribution >= 4 is 50.4 Å². The van der Waals surface area contributed by atoms with Gasteiger partial charge in [0.05, 0.1) is 30.3 Å². The summed E-state index contributed by atoms with van der Waals surface area (Å²) in [6.07, 6.45) is 2.81. The lowest BCUT2D eigenvalue weighted by Gasteiger charge is -2.12. The number of rotatable bonds is 8. The van der Waals surface area contributed by atoms with Crippen LogP contribution >= 0.6 is 27.3 Å². The summed E-state index contributed by atoms with van der Waals surface area (Å²) in [5.41, 5.74) is 1.15. The fraction of sp³-hybridized carbons (Fsp3) is 0.235. The van der Waals surface area contributed by atoms with E-state index in [2.05, 4.69) is 26.2 Å². The maximum atomic E-state index is 12.0. The molecule has 0 fully saturated rings. The van der Waals surface area contributed by atoms with Crippen LogP contribution in [0.25, 0.3) is 6.08 Å². The average molecular weight is 441 g/mol. The van der Waals surface area contributed by atoms with Crippen LogP contribution in [0.2, 0.25) is 0 Å². The molecule has 0 atom stereocenters. The highest BCUT2D eigenvalue weighted by Crippen LogP contribution is 2.37. The van der Waals surface area contributed by atoms with Gasteiger partial charge in [0.25, 0.3) is 0 Å². The third-order valence-electron chi connectivity index (χ3n) is 3.08. The molecule has 0 radical (unpaired) electrons. The van der Waals surface area contributed by atoms with Crippen molar-refractivity contribution in [3.63, 3.8) is 0 Å². The molecule has 1 heterocycles. The molecule has 2 aromatic rings. The number of carbonyl (C=O) groups is 2. The van der Waals surface area contributed by atoms with Crippen LogP contribution in [0.3, 0.4) is 0 Å². The molecule has 2 N–H and O–H groups in total. The second-order valence-electron chi connectivity index (χ2n) is 5.00. The molecule has 1 aromatic heterocycles. The molecule has 138 valence electrons. The third kappa shape index (κ3) is 5.57. The Labute approximate surface area is 162 Å². The lowest BCUT2D eigenvalue weighted by molar-refractivity contribution is -0.136.